The molecule has 1 heterocycles. The van der Waals surface area contributed by atoms with E-state index >= 15 is 0 Å². The number of ether oxygens (including phenoxy) is 1. The minimum absolute atomic E-state index is 0. The highest BCUT2D eigenvalue weighted by Crippen LogP contribution is 2.30. The summed E-state index contributed by atoms with van der Waals surface area (Å²) >= 11 is 0. The van der Waals surface area contributed by atoms with Crippen molar-refractivity contribution in [3.8, 4) is 0 Å². The number of rotatable bonds is 5. The zero-order valence-electron chi connectivity index (χ0n) is 13.7. The summed E-state index contributed by atoms with van der Waals surface area (Å²) in [6.07, 6.45) is 2.21. The van der Waals surface area contributed by atoms with Gasteiger partial charge in [-0.3, -0.25) is 4.79 Å². The number of halogens is 1. The van der Waals surface area contributed by atoms with Crippen LogP contribution in [0, 0.1) is 0 Å². The molecule has 124 valence electrons. The largest absolute Gasteiger partial charge is 0.380 e. The van der Waals surface area contributed by atoms with E-state index in [0.29, 0.717) is 18.9 Å². The summed E-state index contributed by atoms with van der Waals surface area (Å²) < 4.78 is 5.23. The van der Waals surface area contributed by atoms with Crippen LogP contribution in [0.2, 0.25) is 0 Å². The first kappa shape index (κ1) is 18.9. The Kier molecular flexibility index (Phi) is 7.33. The van der Waals surface area contributed by atoms with Crippen molar-refractivity contribution in [1.29, 1.82) is 0 Å². The number of carbonyl (C=O) groups is 1. The molecule has 0 bridgehead atoms. The first-order valence-electron chi connectivity index (χ1n) is 7.72. The molecule has 4 nitrogen and oxygen atoms in total. The third-order valence-electron chi connectivity index (χ3n) is 4.19. The van der Waals surface area contributed by atoms with Crippen molar-refractivity contribution in [3.05, 3.63) is 29.3 Å². The minimum atomic E-state index is -0.196. The number of hydrogen-bond acceptors (Lipinski definition) is 3. The summed E-state index contributed by atoms with van der Waals surface area (Å²) in [5.41, 5.74) is 9.28. The Morgan fingerprint density at radius 1 is 1.41 bits per heavy atom. The standard InChI is InChI=1S/C17H26N2O2.ClH/c1-12(2)13-6-7-16-14(9-13)5-4-8-19(16)17(20)10-15(11-18)21-3;/h6-7,9,12,15H,4-5,8,10-11,18H2,1-3H3;1H. The number of nitrogens with zero attached hydrogens (tertiary/aromatic N) is 1. The van der Waals surface area contributed by atoms with E-state index in [9.17, 15) is 4.79 Å². The second kappa shape index (κ2) is 8.51. The first-order valence-corrected chi connectivity index (χ1v) is 7.72. The Bertz CT molecular complexity index is 501. The molecule has 0 aliphatic carbocycles. The van der Waals surface area contributed by atoms with Crippen LogP contribution in [0.4, 0.5) is 5.69 Å². The Hall–Kier alpha value is -1.10. The fraction of sp³-hybridized carbons (Fsp3) is 0.588. The molecule has 0 saturated heterocycles. The van der Waals surface area contributed by atoms with Crippen LogP contribution in [0.25, 0.3) is 0 Å². The SMILES string of the molecule is COC(CN)CC(=O)N1CCCc2cc(C(C)C)ccc21.Cl. The normalized spacial score (nSPS) is 15.2. The summed E-state index contributed by atoms with van der Waals surface area (Å²) in [5.74, 6) is 0.613. The van der Waals surface area contributed by atoms with Crippen molar-refractivity contribution < 1.29 is 9.53 Å². The van der Waals surface area contributed by atoms with Gasteiger partial charge in [-0.1, -0.05) is 26.0 Å². The zero-order valence-corrected chi connectivity index (χ0v) is 14.5. The van der Waals surface area contributed by atoms with Gasteiger partial charge in [0.05, 0.1) is 12.5 Å². The van der Waals surface area contributed by atoms with E-state index in [4.69, 9.17) is 10.5 Å². The number of methoxy groups -OCH3 is 1. The van der Waals surface area contributed by atoms with Crippen LogP contribution in [0.15, 0.2) is 18.2 Å². The van der Waals surface area contributed by atoms with Gasteiger partial charge in [-0.2, -0.15) is 0 Å². The lowest BCUT2D eigenvalue weighted by Crippen LogP contribution is -2.39. The fourth-order valence-electron chi connectivity index (χ4n) is 2.80. The van der Waals surface area contributed by atoms with Crippen LogP contribution >= 0.6 is 12.4 Å². The molecular formula is C17H27ClN2O2. The van der Waals surface area contributed by atoms with E-state index in [1.165, 1.54) is 11.1 Å². The van der Waals surface area contributed by atoms with Gasteiger partial charge in [0, 0.05) is 25.9 Å². The Labute approximate surface area is 139 Å². The van der Waals surface area contributed by atoms with Gasteiger partial charge < -0.3 is 15.4 Å². The molecule has 0 fully saturated rings. The molecule has 0 aromatic heterocycles. The second-order valence-corrected chi connectivity index (χ2v) is 5.99. The van der Waals surface area contributed by atoms with Crippen molar-refractivity contribution in [1.82, 2.24) is 0 Å². The lowest BCUT2D eigenvalue weighted by molar-refractivity contribution is -0.120. The molecule has 5 heteroatoms. The number of aryl methyl sites for hydroxylation is 1. The van der Waals surface area contributed by atoms with Gasteiger partial charge in [0.15, 0.2) is 0 Å². The zero-order chi connectivity index (χ0) is 15.4. The second-order valence-electron chi connectivity index (χ2n) is 5.99. The molecule has 0 spiro atoms. The van der Waals surface area contributed by atoms with E-state index in [1.54, 1.807) is 7.11 Å². The van der Waals surface area contributed by atoms with E-state index in [0.717, 1.165) is 25.1 Å². The van der Waals surface area contributed by atoms with Gasteiger partial charge in [-0.15, -0.1) is 12.4 Å². The molecule has 1 amide bonds. The third-order valence-corrected chi connectivity index (χ3v) is 4.19. The maximum atomic E-state index is 12.5. The molecule has 0 radical (unpaired) electrons. The number of nitrogens with two attached hydrogens (primary N) is 1. The Morgan fingerprint density at radius 3 is 2.73 bits per heavy atom. The Balaban J connectivity index is 0.00000242. The van der Waals surface area contributed by atoms with Gasteiger partial charge in [0.2, 0.25) is 5.91 Å². The molecule has 2 N–H and O–H groups in total. The summed E-state index contributed by atoms with van der Waals surface area (Å²) in [6.45, 7) is 5.54. The molecule has 1 aromatic carbocycles. The molecule has 1 aromatic rings. The number of fused-ring (bicyclic) bond motifs is 1. The smallest absolute Gasteiger partial charge is 0.229 e. The van der Waals surface area contributed by atoms with Crippen molar-refractivity contribution in [2.45, 2.75) is 45.1 Å². The van der Waals surface area contributed by atoms with Gasteiger partial charge in [0.25, 0.3) is 0 Å². The maximum Gasteiger partial charge on any atom is 0.229 e. The van der Waals surface area contributed by atoms with Crippen LogP contribution in [-0.4, -0.2) is 32.2 Å². The van der Waals surface area contributed by atoms with Crippen LogP contribution in [0.3, 0.4) is 0 Å². The number of carbonyl (C=O) groups excluding carboxylic acids is 1. The minimum Gasteiger partial charge on any atom is -0.380 e. The molecule has 0 saturated carbocycles. The third kappa shape index (κ3) is 4.22. The predicted octanol–water partition coefficient (Wildman–Crippen LogP) is 2.87. The number of hydrogen-bond donors (Lipinski definition) is 1. The van der Waals surface area contributed by atoms with Crippen LogP contribution in [0.5, 0.6) is 0 Å². The first-order chi connectivity index (χ1) is 10.1. The van der Waals surface area contributed by atoms with Crippen molar-refractivity contribution in [3.63, 3.8) is 0 Å². The van der Waals surface area contributed by atoms with Crippen LogP contribution in [0.1, 0.15) is 43.7 Å². The van der Waals surface area contributed by atoms with Gasteiger partial charge >= 0.3 is 0 Å². The lowest BCUT2D eigenvalue weighted by atomic mass is 9.94. The average molecular weight is 327 g/mol. The predicted molar refractivity (Wildman–Crippen MR) is 92.9 cm³/mol. The van der Waals surface area contributed by atoms with E-state index in [1.807, 2.05) is 4.90 Å². The quantitative estimate of drug-likeness (QED) is 0.905. The van der Waals surface area contributed by atoms with E-state index in [-0.39, 0.29) is 24.4 Å². The summed E-state index contributed by atoms with van der Waals surface area (Å²) in [5, 5.41) is 0. The highest BCUT2D eigenvalue weighted by atomic mass is 35.5. The van der Waals surface area contributed by atoms with E-state index < -0.39 is 0 Å². The lowest BCUT2D eigenvalue weighted by Gasteiger charge is -2.31. The van der Waals surface area contributed by atoms with Crippen molar-refractivity contribution >= 4 is 24.0 Å². The summed E-state index contributed by atoms with van der Waals surface area (Å²) in [6, 6.07) is 6.47. The molecular weight excluding hydrogens is 300 g/mol. The van der Waals surface area contributed by atoms with Crippen molar-refractivity contribution in [2.24, 2.45) is 5.73 Å². The Morgan fingerprint density at radius 2 is 2.14 bits per heavy atom. The highest BCUT2D eigenvalue weighted by molar-refractivity contribution is 5.95. The summed E-state index contributed by atoms with van der Waals surface area (Å²) in [7, 11) is 1.60. The van der Waals surface area contributed by atoms with Gasteiger partial charge in [0.1, 0.15) is 0 Å². The average Bonchev–Trinajstić information content (AvgIpc) is 2.51. The van der Waals surface area contributed by atoms with E-state index in [2.05, 4.69) is 32.0 Å². The van der Waals surface area contributed by atoms with Crippen LogP contribution in [-0.2, 0) is 16.0 Å². The molecule has 1 unspecified atom stereocenters. The fourth-order valence-corrected chi connectivity index (χ4v) is 2.80. The summed E-state index contributed by atoms with van der Waals surface area (Å²) in [4.78, 5) is 14.4. The number of amides is 1. The van der Waals surface area contributed by atoms with Gasteiger partial charge in [-0.25, -0.2) is 0 Å². The molecule has 1 aliphatic heterocycles. The molecule has 1 aliphatic rings. The number of benzene rings is 1. The van der Waals surface area contributed by atoms with Gasteiger partial charge in [-0.05, 0) is 36.0 Å². The number of anilines is 1. The highest BCUT2D eigenvalue weighted by Gasteiger charge is 2.24. The molecule has 22 heavy (non-hydrogen) atoms. The van der Waals surface area contributed by atoms with Crippen molar-refractivity contribution in [2.75, 3.05) is 25.1 Å². The monoisotopic (exact) mass is 326 g/mol. The molecule has 2 rings (SSSR count). The maximum absolute atomic E-state index is 12.5. The van der Waals surface area contributed by atoms with Crippen LogP contribution < -0.4 is 10.6 Å². The molecule has 1 atom stereocenters. The topological polar surface area (TPSA) is 55.6 Å².